The van der Waals surface area contributed by atoms with Crippen molar-refractivity contribution in [2.75, 3.05) is 41.0 Å². The summed E-state index contributed by atoms with van der Waals surface area (Å²) in [4.78, 5) is 14.5. The molecule has 0 unspecified atom stereocenters. The molecule has 0 bridgehead atoms. The monoisotopic (exact) mass is 281 g/mol. The molecular formula is C15H23NO4. The summed E-state index contributed by atoms with van der Waals surface area (Å²) in [6.45, 7) is 6.04. The second-order valence-corrected chi connectivity index (χ2v) is 4.29. The summed E-state index contributed by atoms with van der Waals surface area (Å²) < 4.78 is 15.8. The molecule has 0 aliphatic rings. The number of rotatable bonds is 8. The maximum atomic E-state index is 12.5. The van der Waals surface area contributed by atoms with Gasteiger partial charge in [0.25, 0.3) is 0 Å². The van der Waals surface area contributed by atoms with Gasteiger partial charge in [0.2, 0.25) is 0 Å². The van der Waals surface area contributed by atoms with E-state index in [-0.39, 0.29) is 5.78 Å². The number of benzene rings is 1. The molecule has 20 heavy (non-hydrogen) atoms. The van der Waals surface area contributed by atoms with Crippen LogP contribution in [0, 0.1) is 0 Å². The van der Waals surface area contributed by atoms with Crippen molar-refractivity contribution >= 4 is 5.78 Å². The maximum absolute atomic E-state index is 12.5. The minimum atomic E-state index is -0.0231. The third-order valence-electron chi connectivity index (χ3n) is 3.26. The lowest BCUT2D eigenvalue weighted by Gasteiger charge is -2.19. The zero-order chi connectivity index (χ0) is 15.1. The van der Waals surface area contributed by atoms with Crippen LogP contribution in [-0.4, -0.2) is 51.6 Å². The number of ether oxygens (including phenoxy) is 3. The second kappa shape index (κ2) is 7.75. The van der Waals surface area contributed by atoms with Crippen molar-refractivity contribution in [1.29, 1.82) is 0 Å². The normalized spacial score (nSPS) is 10.5. The number of hydrogen-bond acceptors (Lipinski definition) is 5. The number of Topliss-reactive ketones (excluding diaryl/α,β-unsaturated/α-hetero) is 1. The Labute approximate surface area is 120 Å². The van der Waals surface area contributed by atoms with Crippen molar-refractivity contribution in [3.05, 3.63) is 17.7 Å². The van der Waals surface area contributed by atoms with E-state index in [0.29, 0.717) is 29.4 Å². The highest BCUT2D eigenvalue weighted by atomic mass is 16.5. The topological polar surface area (TPSA) is 48.0 Å². The summed E-state index contributed by atoms with van der Waals surface area (Å²) in [6, 6.07) is 3.38. The molecular weight excluding hydrogens is 258 g/mol. The third kappa shape index (κ3) is 3.63. The van der Waals surface area contributed by atoms with Crippen molar-refractivity contribution < 1.29 is 19.0 Å². The molecule has 0 saturated carbocycles. The van der Waals surface area contributed by atoms with E-state index >= 15 is 0 Å². The predicted molar refractivity (Wildman–Crippen MR) is 78.2 cm³/mol. The van der Waals surface area contributed by atoms with E-state index in [1.54, 1.807) is 19.2 Å². The van der Waals surface area contributed by atoms with E-state index in [1.165, 1.54) is 14.2 Å². The van der Waals surface area contributed by atoms with Gasteiger partial charge in [0, 0.05) is 12.1 Å². The number of carbonyl (C=O) groups excluding carboxylic acids is 1. The average Bonchev–Trinajstić information content (AvgIpc) is 2.50. The minimum absolute atomic E-state index is 0.0231. The molecule has 112 valence electrons. The van der Waals surface area contributed by atoms with Crippen molar-refractivity contribution in [2.45, 2.75) is 13.8 Å². The Kier molecular flexibility index (Phi) is 6.31. The first-order valence-electron chi connectivity index (χ1n) is 6.66. The molecule has 0 fully saturated rings. The van der Waals surface area contributed by atoms with E-state index < -0.39 is 0 Å². The highest BCUT2D eigenvalue weighted by molar-refractivity contribution is 6.03. The van der Waals surface area contributed by atoms with Gasteiger partial charge in [-0.15, -0.1) is 0 Å². The molecule has 0 radical (unpaired) electrons. The molecule has 0 aliphatic carbocycles. The summed E-state index contributed by atoms with van der Waals surface area (Å²) >= 11 is 0. The smallest absolute Gasteiger partial charge is 0.184 e. The fourth-order valence-corrected chi connectivity index (χ4v) is 2.01. The van der Waals surface area contributed by atoms with Crippen LogP contribution in [0.1, 0.15) is 24.2 Å². The van der Waals surface area contributed by atoms with Crippen LogP contribution < -0.4 is 14.2 Å². The van der Waals surface area contributed by atoms with Gasteiger partial charge in [0.05, 0.1) is 27.9 Å². The number of ketones is 1. The van der Waals surface area contributed by atoms with Gasteiger partial charge >= 0.3 is 0 Å². The van der Waals surface area contributed by atoms with Crippen LogP contribution in [0.5, 0.6) is 17.2 Å². The average molecular weight is 281 g/mol. The third-order valence-corrected chi connectivity index (χ3v) is 3.26. The summed E-state index contributed by atoms with van der Waals surface area (Å²) in [5.41, 5.74) is 0.461. The Morgan fingerprint density at radius 3 is 1.85 bits per heavy atom. The lowest BCUT2D eigenvalue weighted by molar-refractivity contribution is 0.0931. The summed E-state index contributed by atoms with van der Waals surface area (Å²) in [6.07, 6.45) is 0. The predicted octanol–water partition coefficient (Wildman–Crippen LogP) is 2.24. The quantitative estimate of drug-likeness (QED) is 0.684. The summed E-state index contributed by atoms with van der Waals surface area (Å²) in [5, 5.41) is 0. The van der Waals surface area contributed by atoms with Gasteiger partial charge in [0.1, 0.15) is 22.8 Å². The van der Waals surface area contributed by atoms with Gasteiger partial charge < -0.3 is 14.2 Å². The fraction of sp³-hybridized carbons (Fsp3) is 0.533. The van der Waals surface area contributed by atoms with Crippen LogP contribution in [0.4, 0.5) is 0 Å². The molecule has 0 spiro atoms. The van der Waals surface area contributed by atoms with Gasteiger partial charge in [-0.3, -0.25) is 9.69 Å². The standard InChI is InChI=1S/C15H23NO4/c1-6-16(7-2)10-12(17)15-13(19-4)8-11(18-3)9-14(15)20-5/h8-9H,6-7,10H2,1-5H3. The highest BCUT2D eigenvalue weighted by Crippen LogP contribution is 2.34. The molecule has 0 atom stereocenters. The van der Waals surface area contributed by atoms with Crippen molar-refractivity contribution in [3.8, 4) is 17.2 Å². The molecule has 1 aromatic rings. The van der Waals surface area contributed by atoms with E-state index in [0.717, 1.165) is 13.1 Å². The lowest BCUT2D eigenvalue weighted by atomic mass is 10.1. The molecule has 0 N–H and O–H groups in total. The van der Waals surface area contributed by atoms with Crippen molar-refractivity contribution in [1.82, 2.24) is 4.90 Å². The van der Waals surface area contributed by atoms with E-state index in [9.17, 15) is 4.79 Å². The SMILES string of the molecule is CCN(CC)CC(=O)c1c(OC)cc(OC)cc1OC. The molecule has 1 rings (SSSR count). The van der Waals surface area contributed by atoms with Crippen LogP contribution in [0.3, 0.4) is 0 Å². The first kappa shape index (κ1) is 16.3. The number of likely N-dealkylation sites (N-methyl/N-ethyl adjacent to an activating group) is 1. The molecule has 5 nitrogen and oxygen atoms in total. The largest absolute Gasteiger partial charge is 0.496 e. The van der Waals surface area contributed by atoms with E-state index in [2.05, 4.69) is 0 Å². The van der Waals surface area contributed by atoms with Gasteiger partial charge in [-0.25, -0.2) is 0 Å². The van der Waals surface area contributed by atoms with Crippen LogP contribution in [-0.2, 0) is 0 Å². The molecule has 0 amide bonds. The second-order valence-electron chi connectivity index (χ2n) is 4.29. The van der Waals surface area contributed by atoms with Gasteiger partial charge in [0.15, 0.2) is 5.78 Å². The van der Waals surface area contributed by atoms with Gasteiger partial charge in [-0.1, -0.05) is 13.8 Å². The number of hydrogen-bond donors (Lipinski definition) is 0. The number of methoxy groups -OCH3 is 3. The minimum Gasteiger partial charge on any atom is -0.496 e. The van der Waals surface area contributed by atoms with Crippen LogP contribution >= 0.6 is 0 Å². The summed E-state index contributed by atoms with van der Waals surface area (Å²) in [7, 11) is 4.62. The van der Waals surface area contributed by atoms with Crippen LogP contribution in [0.15, 0.2) is 12.1 Å². The molecule has 0 aromatic heterocycles. The Morgan fingerprint density at radius 1 is 1.00 bits per heavy atom. The fourth-order valence-electron chi connectivity index (χ4n) is 2.01. The summed E-state index contributed by atoms with van der Waals surface area (Å²) in [5.74, 6) is 1.51. The Morgan fingerprint density at radius 2 is 1.50 bits per heavy atom. The number of carbonyl (C=O) groups is 1. The Hall–Kier alpha value is -1.75. The molecule has 0 heterocycles. The molecule has 5 heteroatoms. The Balaban J connectivity index is 3.17. The zero-order valence-electron chi connectivity index (χ0n) is 12.9. The van der Waals surface area contributed by atoms with E-state index in [4.69, 9.17) is 14.2 Å². The molecule has 1 aromatic carbocycles. The lowest BCUT2D eigenvalue weighted by Crippen LogP contribution is -2.29. The van der Waals surface area contributed by atoms with Gasteiger partial charge in [-0.05, 0) is 13.1 Å². The first-order valence-corrected chi connectivity index (χ1v) is 6.66. The molecule has 0 saturated heterocycles. The van der Waals surface area contributed by atoms with Crippen LogP contribution in [0.25, 0.3) is 0 Å². The highest BCUT2D eigenvalue weighted by Gasteiger charge is 2.21. The Bertz CT molecular complexity index is 430. The van der Waals surface area contributed by atoms with Crippen LogP contribution in [0.2, 0.25) is 0 Å². The van der Waals surface area contributed by atoms with E-state index in [1.807, 2.05) is 18.7 Å². The first-order chi connectivity index (χ1) is 9.60. The van der Waals surface area contributed by atoms with Crippen molar-refractivity contribution in [3.63, 3.8) is 0 Å². The maximum Gasteiger partial charge on any atom is 0.184 e. The zero-order valence-corrected chi connectivity index (χ0v) is 12.9. The number of nitrogens with zero attached hydrogens (tertiary/aromatic N) is 1. The molecule has 0 aliphatic heterocycles. The van der Waals surface area contributed by atoms with Crippen molar-refractivity contribution in [2.24, 2.45) is 0 Å². The van der Waals surface area contributed by atoms with Gasteiger partial charge in [-0.2, -0.15) is 0 Å².